The van der Waals surface area contributed by atoms with Gasteiger partial charge in [0.05, 0.1) is 23.9 Å². The number of hydrogen-bond acceptors (Lipinski definition) is 4. The second-order valence-electron chi connectivity index (χ2n) is 6.17. The van der Waals surface area contributed by atoms with Gasteiger partial charge in [-0.2, -0.15) is 5.10 Å². The normalized spacial score (nSPS) is 11.3. The minimum Gasteiger partial charge on any atom is -0.493 e. The highest BCUT2D eigenvalue weighted by molar-refractivity contribution is 7.71. The van der Waals surface area contributed by atoms with Crippen LogP contribution in [-0.4, -0.2) is 28.7 Å². The predicted molar refractivity (Wildman–Crippen MR) is 114 cm³/mol. The molecule has 3 N–H and O–H groups in total. The van der Waals surface area contributed by atoms with Crippen LogP contribution in [0.5, 0.6) is 5.75 Å². The van der Waals surface area contributed by atoms with E-state index >= 15 is 0 Å². The van der Waals surface area contributed by atoms with E-state index in [1.165, 1.54) is 0 Å². The van der Waals surface area contributed by atoms with E-state index in [2.05, 4.69) is 20.5 Å². The van der Waals surface area contributed by atoms with Crippen LogP contribution in [0.2, 0.25) is 0 Å². The van der Waals surface area contributed by atoms with Gasteiger partial charge in [0, 0.05) is 11.1 Å². The Morgan fingerprint density at radius 3 is 2.82 bits per heavy atom. The maximum absolute atomic E-state index is 12.5. The van der Waals surface area contributed by atoms with Crippen molar-refractivity contribution >= 4 is 46.1 Å². The van der Waals surface area contributed by atoms with E-state index in [0.717, 1.165) is 33.1 Å². The molecule has 0 aliphatic rings. The van der Waals surface area contributed by atoms with Crippen LogP contribution in [0.25, 0.3) is 21.8 Å². The lowest BCUT2D eigenvalue weighted by atomic mass is 10.0. The Morgan fingerprint density at radius 1 is 1.14 bits per heavy atom. The van der Waals surface area contributed by atoms with Gasteiger partial charge in [0.2, 0.25) is 0 Å². The van der Waals surface area contributed by atoms with Gasteiger partial charge in [0.1, 0.15) is 5.75 Å². The Hall–Kier alpha value is -3.45. The monoisotopic (exact) mass is 390 g/mol. The van der Waals surface area contributed by atoms with Crippen LogP contribution in [0.3, 0.4) is 0 Å². The third kappa shape index (κ3) is 3.52. The first-order valence-corrected chi connectivity index (χ1v) is 9.26. The number of hydrazone groups is 1. The number of imidazole rings is 1. The van der Waals surface area contributed by atoms with E-state index in [1.54, 1.807) is 24.4 Å². The predicted octanol–water partition coefficient (Wildman–Crippen LogP) is 4.54. The van der Waals surface area contributed by atoms with Gasteiger partial charge >= 0.3 is 0 Å². The van der Waals surface area contributed by atoms with Crippen molar-refractivity contribution in [3.63, 3.8) is 0 Å². The minimum atomic E-state index is -0.308. The summed E-state index contributed by atoms with van der Waals surface area (Å²) in [7, 11) is 0. The number of ether oxygens (including phenoxy) is 1. The fourth-order valence-electron chi connectivity index (χ4n) is 3.08. The first kappa shape index (κ1) is 17.9. The standard InChI is InChI=1S/C21H18N4O2S/c1-2-27-19-10-8-13-5-3-4-6-15(13)16(19)12-22-25-20(26)14-7-9-17-18(11-14)24-21(28)23-17/h3-12H,2H2,1H3,(H,25,26)(H2,23,24,28)/b22-12-. The van der Waals surface area contributed by atoms with E-state index in [-0.39, 0.29) is 5.91 Å². The van der Waals surface area contributed by atoms with Crippen LogP contribution in [0.1, 0.15) is 22.8 Å². The number of aromatic nitrogens is 2. The van der Waals surface area contributed by atoms with Gasteiger partial charge in [0.15, 0.2) is 4.77 Å². The third-order valence-corrected chi connectivity index (χ3v) is 4.57. The SMILES string of the molecule is CCOc1ccc2ccccc2c1/C=N\NC(=O)c1ccc2[nH]c(=S)[nH]c2c1. The van der Waals surface area contributed by atoms with Crippen molar-refractivity contribution in [1.29, 1.82) is 0 Å². The molecule has 28 heavy (non-hydrogen) atoms. The number of hydrogen-bond donors (Lipinski definition) is 3. The summed E-state index contributed by atoms with van der Waals surface area (Å²) >= 11 is 5.07. The Labute approximate surface area is 166 Å². The first-order chi connectivity index (χ1) is 13.7. The number of nitrogens with one attached hydrogen (secondary N) is 3. The number of aromatic amines is 2. The Kier molecular flexibility index (Phi) is 4.90. The van der Waals surface area contributed by atoms with Crippen LogP contribution in [-0.2, 0) is 0 Å². The maximum atomic E-state index is 12.5. The average molecular weight is 390 g/mol. The first-order valence-electron chi connectivity index (χ1n) is 8.85. The van der Waals surface area contributed by atoms with Gasteiger partial charge in [-0.1, -0.05) is 30.3 Å². The Balaban J connectivity index is 1.60. The van der Waals surface area contributed by atoms with Gasteiger partial charge in [-0.3, -0.25) is 4.79 Å². The van der Waals surface area contributed by atoms with Gasteiger partial charge in [0.25, 0.3) is 5.91 Å². The summed E-state index contributed by atoms with van der Waals surface area (Å²) in [6.07, 6.45) is 1.62. The van der Waals surface area contributed by atoms with Crippen molar-refractivity contribution in [3.8, 4) is 5.75 Å². The molecule has 1 heterocycles. The van der Waals surface area contributed by atoms with Crippen molar-refractivity contribution in [2.24, 2.45) is 5.10 Å². The average Bonchev–Trinajstić information content (AvgIpc) is 3.08. The Morgan fingerprint density at radius 2 is 1.96 bits per heavy atom. The zero-order valence-corrected chi connectivity index (χ0v) is 16.0. The molecule has 0 fully saturated rings. The second-order valence-corrected chi connectivity index (χ2v) is 6.58. The van der Waals surface area contributed by atoms with Crippen LogP contribution in [0, 0.1) is 4.77 Å². The lowest BCUT2D eigenvalue weighted by Gasteiger charge is -2.10. The molecule has 6 nitrogen and oxygen atoms in total. The fraction of sp³-hybridized carbons (Fsp3) is 0.0952. The largest absolute Gasteiger partial charge is 0.493 e. The van der Waals surface area contributed by atoms with E-state index in [9.17, 15) is 4.79 Å². The maximum Gasteiger partial charge on any atom is 0.271 e. The van der Waals surface area contributed by atoms with Crippen molar-refractivity contribution < 1.29 is 9.53 Å². The van der Waals surface area contributed by atoms with Crippen molar-refractivity contribution in [3.05, 3.63) is 70.5 Å². The van der Waals surface area contributed by atoms with Crippen molar-refractivity contribution in [2.75, 3.05) is 6.61 Å². The van der Waals surface area contributed by atoms with Crippen molar-refractivity contribution in [1.82, 2.24) is 15.4 Å². The minimum absolute atomic E-state index is 0.308. The smallest absolute Gasteiger partial charge is 0.271 e. The summed E-state index contributed by atoms with van der Waals surface area (Å²) in [6.45, 7) is 2.48. The van der Waals surface area contributed by atoms with Gasteiger partial charge in [-0.25, -0.2) is 5.43 Å². The molecule has 0 spiro atoms. The number of nitrogens with zero attached hydrogens (tertiary/aromatic N) is 1. The molecule has 0 atom stereocenters. The van der Waals surface area contributed by atoms with E-state index in [4.69, 9.17) is 17.0 Å². The van der Waals surface area contributed by atoms with E-state index in [0.29, 0.717) is 16.9 Å². The van der Waals surface area contributed by atoms with Crippen LogP contribution < -0.4 is 10.2 Å². The van der Waals surface area contributed by atoms with Crippen LogP contribution in [0.15, 0.2) is 59.7 Å². The molecule has 0 radical (unpaired) electrons. The summed E-state index contributed by atoms with van der Waals surface area (Å²) in [4.78, 5) is 18.5. The summed E-state index contributed by atoms with van der Waals surface area (Å²) in [5.74, 6) is 0.414. The van der Waals surface area contributed by atoms with Crippen molar-refractivity contribution in [2.45, 2.75) is 6.92 Å². The number of amides is 1. The van der Waals surface area contributed by atoms with Crippen LogP contribution in [0.4, 0.5) is 0 Å². The molecule has 4 aromatic rings. The van der Waals surface area contributed by atoms with Crippen LogP contribution >= 0.6 is 12.2 Å². The fourth-order valence-corrected chi connectivity index (χ4v) is 3.30. The zero-order valence-electron chi connectivity index (χ0n) is 15.2. The zero-order chi connectivity index (χ0) is 19.5. The molecule has 4 rings (SSSR count). The molecule has 0 saturated carbocycles. The number of fused-ring (bicyclic) bond motifs is 2. The number of H-pyrrole nitrogens is 2. The van der Waals surface area contributed by atoms with Gasteiger partial charge in [-0.05, 0) is 54.2 Å². The highest BCUT2D eigenvalue weighted by atomic mass is 32.1. The highest BCUT2D eigenvalue weighted by Crippen LogP contribution is 2.26. The molecule has 0 aliphatic carbocycles. The molecule has 1 amide bonds. The van der Waals surface area contributed by atoms with Gasteiger partial charge in [-0.15, -0.1) is 0 Å². The molecule has 0 saturated heterocycles. The molecule has 140 valence electrons. The number of carbonyl (C=O) groups excluding carboxylic acids is 1. The number of benzene rings is 3. The summed E-state index contributed by atoms with van der Waals surface area (Å²) in [6, 6.07) is 17.1. The second kappa shape index (κ2) is 7.66. The highest BCUT2D eigenvalue weighted by Gasteiger charge is 2.09. The Bertz CT molecular complexity index is 1260. The molecular weight excluding hydrogens is 372 g/mol. The molecule has 1 aromatic heterocycles. The molecule has 0 aliphatic heterocycles. The van der Waals surface area contributed by atoms with Gasteiger partial charge < -0.3 is 14.7 Å². The van der Waals surface area contributed by atoms with E-state index in [1.807, 2.05) is 43.3 Å². The summed E-state index contributed by atoms with van der Waals surface area (Å²) in [5, 5.41) is 6.24. The summed E-state index contributed by atoms with van der Waals surface area (Å²) in [5.41, 5.74) is 5.51. The quantitative estimate of drug-likeness (QED) is 0.266. The molecular formula is C21H18N4O2S. The molecule has 7 heteroatoms. The third-order valence-electron chi connectivity index (χ3n) is 4.37. The summed E-state index contributed by atoms with van der Waals surface area (Å²) < 4.78 is 6.23. The lowest BCUT2D eigenvalue weighted by Crippen LogP contribution is -2.17. The van der Waals surface area contributed by atoms with E-state index < -0.39 is 0 Å². The number of rotatable bonds is 5. The molecule has 3 aromatic carbocycles. The molecule has 0 bridgehead atoms. The lowest BCUT2D eigenvalue weighted by molar-refractivity contribution is 0.0955. The number of carbonyl (C=O) groups is 1. The topological polar surface area (TPSA) is 82.3 Å². The molecule has 0 unspecified atom stereocenters.